The molecule has 3 N–H and O–H groups in total. The average Bonchev–Trinajstić information content (AvgIpc) is 3.33. The molecule has 0 aliphatic carbocycles. The van der Waals surface area contributed by atoms with Crippen LogP contribution in [0.4, 0.5) is 5.82 Å². The highest BCUT2D eigenvalue weighted by molar-refractivity contribution is 5.84. The van der Waals surface area contributed by atoms with Crippen molar-refractivity contribution in [1.82, 2.24) is 24.8 Å². The summed E-state index contributed by atoms with van der Waals surface area (Å²) in [5.41, 5.74) is 3.14. The molecular weight excluding hydrogens is 372 g/mol. The van der Waals surface area contributed by atoms with E-state index in [0.29, 0.717) is 36.9 Å². The quantitative estimate of drug-likeness (QED) is 0.552. The van der Waals surface area contributed by atoms with Crippen molar-refractivity contribution in [2.24, 2.45) is 13.0 Å². The summed E-state index contributed by atoms with van der Waals surface area (Å²) >= 11 is 0. The van der Waals surface area contributed by atoms with Crippen molar-refractivity contribution >= 4 is 22.8 Å². The van der Waals surface area contributed by atoms with Crippen LogP contribution >= 0.6 is 0 Å². The van der Waals surface area contributed by atoms with Crippen LogP contribution in [0.5, 0.6) is 5.88 Å². The number of hydrogen-bond donors (Lipinski definition) is 3. The van der Waals surface area contributed by atoms with Gasteiger partial charge in [-0.1, -0.05) is 0 Å². The number of nitrogens with zero attached hydrogens (tertiary/aromatic N) is 4. The van der Waals surface area contributed by atoms with Gasteiger partial charge < -0.3 is 25.0 Å². The number of rotatable bonds is 7. The molecule has 0 bridgehead atoms. The number of pyridine rings is 2. The van der Waals surface area contributed by atoms with Crippen LogP contribution in [0.2, 0.25) is 0 Å². The molecule has 9 nitrogen and oxygen atoms in total. The van der Waals surface area contributed by atoms with Crippen LogP contribution in [0.1, 0.15) is 13.3 Å². The highest BCUT2D eigenvalue weighted by atomic mass is 16.5. The molecule has 1 aliphatic rings. The molecule has 1 aliphatic heterocycles. The summed E-state index contributed by atoms with van der Waals surface area (Å²) in [6, 6.07) is 5.66. The fourth-order valence-corrected chi connectivity index (χ4v) is 3.43. The molecule has 9 heteroatoms. The lowest BCUT2D eigenvalue weighted by Gasteiger charge is -2.20. The van der Waals surface area contributed by atoms with Gasteiger partial charge in [0.25, 0.3) is 0 Å². The molecule has 1 fully saturated rings. The second kappa shape index (κ2) is 8.04. The molecule has 3 aromatic rings. The van der Waals surface area contributed by atoms with E-state index in [-0.39, 0.29) is 24.5 Å². The van der Waals surface area contributed by atoms with Crippen LogP contribution in [0.25, 0.3) is 22.3 Å². The number of aliphatic hydroxyl groups excluding tert-OH is 1. The Labute approximate surface area is 168 Å². The molecule has 1 saturated heterocycles. The fourth-order valence-electron chi connectivity index (χ4n) is 3.43. The van der Waals surface area contributed by atoms with Crippen LogP contribution in [0, 0.1) is 5.92 Å². The summed E-state index contributed by atoms with van der Waals surface area (Å²) in [6.45, 7) is 3.06. The Bertz CT molecular complexity index is 1020. The number of aromatic nitrogens is 4. The van der Waals surface area contributed by atoms with Gasteiger partial charge >= 0.3 is 0 Å². The zero-order valence-corrected chi connectivity index (χ0v) is 16.4. The van der Waals surface area contributed by atoms with Gasteiger partial charge in [-0.05, 0) is 25.1 Å². The number of hydrogen-bond acceptors (Lipinski definition) is 7. The minimum absolute atomic E-state index is 0.0440. The van der Waals surface area contributed by atoms with Gasteiger partial charge in [0.15, 0.2) is 0 Å². The summed E-state index contributed by atoms with van der Waals surface area (Å²) in [4.78, 5) is 25.1. The van der Waals surface area contributed by atoms with Crippen LogP contribution < -0.4 is 15.4 Å². The second-order valence-electron chi connectivity index (χ2n) is 7.21. The Balaban J connectivity index is 1.65. The van der Waals surface area contributed by atoms with Crippen LogP contribution in [0.15, 0.2) is 30.7 Å². The normalized spacial score (nSPS) is 17.3. The van der Waals surface area contributed by atoms with E-state index >= 15 is 0 Å². The van der Waals surface area contributed by atoms with Gasteiger partial charge in [0.05, 0.1) is 24.1 Å². The lowest BCUT2D eigenvalue weighted by Crippen LogP contribution is -2.26. The second-order valence-corrected chi connectivity index (χ2v) is 7.21. The van der Waals surface area contributed by atoms with Crippen molar-refractivity contribution in [3.63, 3.8) is 0 Å². The Morgan fingerprint density at radius 2 is 2.28 bits per heavy atom. The van der Waals surface area contributed by atoms with E-state index in [1.54, 1.807) is 12.5 Å². The van der Waals surface area contributed by atoms with Crippen molar-refractivity contribution < 1.29 is 14.6 Å². The maximum absolute atomic E-state index is 11.5. The zero-order chi connectivity index (χ0) is 20.4. The van der Waals surface area contributed by atoms with Crippen LogP contribution in [0.3, 0.4) is 0 Å². The average molecular weight is 396 g/mol. The van der Waals surface area contributed by atoms with Gasteiger partial charge in [-0.3, -0.25) is 4.79 Å². The first-order chi connectivity index (χ1) is 14.0. The molecule has 3 aromatic heterocycles. The summed E-state index contributed by atoms with van der Waals surface area (Å²) in [5, 5.41) is 14.8. The van der Waals surface area contributed by atoms with Gasteiger partial charge in [0.1, 0.15) is 17.4 Å². The number of ether oxygens (including phenoxy) is 1. The molecule has 4 heterocycles. The number of nitrogens with one attached hydrogen (secondary N) is 2. The van der Waals surface area contributed by atoms with E-state index in [4.69, 9.17) is 14.8 Å². The molecule has 0 unspecified atom stereocenters. The molecular formula is C20H24N6O3. The maximum Gasteiger partial charge on any atom is 0.241 e. The molecule has 152 valence electrons. The Morgan fingerprint density at radius 1 is 1.41 bits per heavy atom. The molecule has 0 spiro atoms. The largest absolute Gasteiger partial charge is 0.473 e. The molecule has 2 atom stereocenters. The SMILES string of the molecule is C[C@@H](Oc1nc(-c2ccc(NCCO)nc2)cc2ncn(C)c12)[C@H]1CNC(=O)C1. The summed E-state index contributed by atoms with van der Waals surface area (Å²) in [6.07, 6.45) is 3.75. The van der Waals surface area contributed by atoms with Crippen molar-refractivity contribution in [1.29, 1.82) is 0 Å². The van der Waals surface area contributed by atoms with E-state index < -0.39 is 0 Å². The lowest BCUT2D eigenvalue weighted by atomic mass is 10.0. The van der Waals surface area contributed by atoms with Crippen LogP contribution in [-0.4, -0.2) is 56.3 Å². The van der Waals surface area contributed by atoms with Crippen molar-refractivity contribution in [2.45, 2.75) is 19.4 Å². The third kappa shape index (κ3) is 4.00. The van der Waals surface area contributed by atoms with Crippen molar-refractivity contribution in [2.75, 3.05) is 25.0 Å². The highest BCUT2D eigenvalue weighted by Crippen LogP contribution is 2.30. The van der Waals surface area contributed by atoms with E-state index in [2.05, 4.69) is 20.6 Å². The lowest BCUT2D eigenvalue weighted by molar-refractivity contribution is -0.119. The van der Waals surface area contributed by atoms with Crippen molar-refractivity contribution in [3.8, 4) is 17.1 Å². The molecule has 0 radical (unpaired) electrons. The van der Waals surface area contributed by atoms with Gasteiger partial charge in [-0.15, -0.1) is 0 Å². The minimum atomic E-state index is -0.169. The summed E-state index contributed by atoms with van der Waals surface area (Å²) in [5.74, 6) is 1.34. The van der Waals surface area contributed by atoms with E-state index in [1.165, 1.54) is 0 Å². The first-order valence-electron chi connectivity index (χ1n) is 9.61. The first-order valence-corrected chi connectivity index (χ1v) is 9.61. The number of carbonyl (C=O) groups is 1. The standard InChI is InChI=1S/C20H24N6O3/c1-12(14-7-18(28)23-10-14)29-20-19-16(24-11-26(19)2)8-15(25-20)13-3-4-17(22-9-13)21-5-6-27/h3-4,8-9,11-12,14,27H,5-7,10H2,1-2H3,(H,21,22)(H,23,28)/t12-,14-/m1/s1. The Morgan fingerprint density at radius 3 is 2.97 bits per heavy atom. The third-order valence-corrected chi connectivity index (χ3v) is 5.11. The zero-order valence-electron chi connectivity index (χ0n) is 16.4. The van der Waals surface area contributed by atoms with Gasteiger partial charge in [-0.25, -0.2) is 15.0 Å². The molecule has 0 saturated carbocycles. The predicted molar refractivity (Wildman–Crippen MR) is 109 cm³/mol. The number of carbonyl (C=O) groups excluding carboxylic acids is 1. The molecule has 4 rings (SSSR count). The number of anilines is 1. The van der Waals surface area contributed by atoms with Gasteiger partial charge in [0.2, 0.25) is 11.8 Å². The monoisotopic (exact) mass is 396 g/mol. The maximum atomic E-state index is 11.5. The van der Waals surface area contributed by atoms with Gasteiger partial charge in [0, 0.05) is 44.2 Å². The molecule has 0 aromatic carbocycles. The number of aryl methyl sites for hydroxylation is 1. The van der Waals surface area contributed by atoms with Crippen LogP contribution in [-0.2, 0) is 11.8 Å². The summed E-state index contributed by atoms with van der Waals surface area (Å²) < 4.78 is 8.09. The Kier molecular flexibility index (Phi) is 5.30. The third-order valence-electron chi connectivity index (χ3n) is 5.11. The molecule has 1 amide bonds. The van der Waals surface area contributed by atoms with E-state index in [1.807, 2.05) is 36.7 Å². The topological polar surface area (TPSA) is 114 Å². The number of imidazole rings is 1. The first kappa shape index (κ1) is 19.1. The highest BCUT2D eigenvalue weighted by Gasteiger charge is 2.29. The Hall–Kier alpha value is -3.20. The number of aliphatic hydroxyl groups is 1. The summed E-state index contributed by atoms with van der Waals surface area (Å²) in [7, 11) is 1.90. The molecule has 29 heavy (non-hydrogen) atoms. The predicted octanol–water partition coefficient (Wildman–Crippen LogP) is 1.34. The van der Waals surface area contributed by atoms with Gasteiger partial charge in [-0.2, -0.15) is 0 Å². The van der Waals surface area contributed by atoms with Crippen molar-refractivity contribution in [3.05, 3.63) is 30.7 Å². The smallest absolute Gasteiger partial charge is 0.241 e. The van der Waals surface area contributed by atoms with E-state index in [0.717, 1.165) is 16.6 Å². The fraction of sp³-hybridized carbons (Fsp3) is 0.400. The number of fused-ring (bicyclic) bond motifs is 1. The number of amides is 1. The minimum Gasteiger partial charge on any atom is -0.473 e. The van der Waals surface area contributed by atoms with E-state index in [9.17, 15) is 4.79 Å².